The van der Waals surface area contributed by atoms with Crippen molar-refractivity contribution < 1.29 is 9.59 Å². The first-order valence-electron chi connectivity index (χ1n) is 9.96. The molecule has 0 bridgehead atoms. The van der Waals surface area contributed by atoms with Crippen LogP contribution in [0.4, 0.5) is 10.5 Å². The molecular weight excluding hydrogens is 489 g/mol. The minimum atomic E-state index is 0.00491. The van der Waals surface area contributed by atoms with Gasteiger partial charge in [0.2, 0.25) is 3.79 Å². The number of rotatable bonds is 2. The summed E-state index contributed by atoms with van der Waals surface area (Å²) in [6.45, 7) is 2.63. The molecular formula is C24H20IN3O2. The third kappa shape index (κ3) is 3.15. The minimum absolute atomic E-state index is 0.00491. The zero-order valence-corrected chi connectivity index (χ0v) is 18.5. The lowest BCUT2D eigenvalue weighted by Crippen LogP contribution is -2.50. The van der Waals surface area contributed by atoms with Gasteiger partial charge in [-0.05, 0) is 24.3 Å². The van der Waals surface area contributed by atoms with Crippen LogP contribution in [0.5, 0.6) is 0 Å². The maximum Gasteiger partial charge on any atom is 0.329 e. The average Bonchev–Trinajstić information content (AvgIpc) is 3.13. The predicted molar refractivity (Wildman–Crippen MR) is 129 cm³/mol. The molecule has 0 N–H and O–H groups in total. The van der Waals surface area contributed by atoms with Crippen molar-refractivity contribution in [3.63, 3.8) is 0 Å². The molecule has 30 heavy (non-hydrogen) atoms. The molecule has 150 valence electrons. The molecule has 1 aliphatic heterocycles. The van der Waals surface area contributed by atoms with Crippen molar-refractivity contribution in [1.29, 1.82) is 0 Å². The lowest BCUT2D eigenvalue weighted by molar-refractivity contribution is 0.110. The molecule has 1 fully saturated rings. The maximum atomic E-state index is 13.5. The van der Waals surface area contributed by atoms with Crippen molar-refractivity contribution in [1.82, 2.24) is 9.47 Å². The highest BCUT2D eigenvalue weighted by Gasteiger charge is 2.26. The van der Waals surface area contributed by atoms with Crippen LogP contribution in [0.3, 0.4) is 0 Å². The van der Waals surface area contributed by atoms with Crippen molar-refractivity contribution in [2.75, 3.05) is 31.1 Å². The van der Waals surface area contributed by atoms with Gasteiger partial charge in [0.05, 0.1) is 16.6 Å². The molecule has 1 aromatic heterocycles. The summed E-state index contributed by atoms with van der Waals surface area (Å²) in [7, 11) is 0. The molecule has 1 amide bonds. The third-order valence-corrected chi connectivity index (χ3v) is 6.36. The summed E-state index contributed by atoms with van der Waals surface area (Å²) in [5.41, 5.74) is 3.54. The highest BCUT2D eigenvalue weighted by Crippen LogP contribution is 2.30. The molecule has 0 saturated carbocycles. The Kier molecular flexibility index (Phi) is 4.94. The van der Waals surface area contributed by atoms with Crippen LogP contribution < -0.4 is 4.90 Å². The van der Waals surface area contributed by atoms with Crippen LogP contribution >= 0.6 is 22.6 Å². The van der Waals surface area contributed by atoms with E-state index in [-0.39, 0.29) is 9.82 Å². The van der Waals surface area contributed by atoms with Crippen molar-refractivity contribution >= 4 is 59.9 Å². The van der Waals surface area contributed by atoms with Gasteiger partial charge in [-0.3, -0.25) is 9.36 Å². The second kappa shape index (κ2) is 7.75. The lowest BCUT2D eigenvalue weighted by Gasteiger charge is -2.36. The molecule has 0 spiro atoms. The molecule has 6 heteroatoms. The Hall–Kier alpha value is -2.87. The molecule has 0 atom stereocenters. The summed E-state index contributed by atoms with van der Waals surface area (Å²) >= 11 is 1.83. The Morgan fingerprint density at radius 1 is 0.700 bits per heavy atom. The maximum absolute atomic E-state index is 13.5. The van der Waals surface area contributed by atoms with Crippen LogP contribution in [-0.2, 0) is 0 Å². The fraction of sp³-hybridized carbons (Fsp3) is 0.167. The van der Waals surface area contributed by atoms with Gasteiger partial charge in [-0.2, -0.15) is 0 Å². The SMILES string of the molecule is O=C(I)c1ccccc1N1CCN(C(=O)n2c3ccccc3c3ccccc32)CC1. The molecule has 0 radical (unpaired) electrons. The van der Waals surface area contributed by atoms with Gasteiger partial charge in [0.1, 0.15) is 0 Å². The van der Waals surface area contributed by atoms with E-state index in [1.165, 1.54) is 0 Å². The number of anilines is 1. The summed E-state index contributed by atoms with van der Waals surface area (Å²) in [6, 6.07) is 23.8. The van der Waals surface area contributed by atoms with E-state index in [0.29, 0.717) is 26.2 Å². The smallest absolute Gasteiger partial charge is 0.329 e. The number of benzene rings is 3. The highest BCUT2D eigenvalue weighted by molar-refractivity contribution is 14.1. The van der Waals surface area contributed by atoms with Gasteiger partial charge in [-0.1, -0.05) is 48.5 Å². The first-order chi connectivity index (χ1) is 14.6. The van der Waals surface area contributed by atoms with E-state index in [4.69, 9.17) is 0 Å². The third-order valence-electron chi connectivity index (χ3n) is 5.78. The number of fused-ring (bicyclic) bond motifs is 3. The highest BCUT2D eigenvalue weighted by atomic mass is 127. The molecule has 1 aliphatic rings. The normalized spacial score (nSPS) is 14.4. The van der Waals surface area contributed by atoms with Crippen LogP contribution in [0, 0.1) is 0 Å². The van der Waals surface area contributed by atoms with Crippen molar-refractivity contribution in [2.45, 2.75) is 0 Å². The first-order valence-corrected chi connectivity index (χ1v) is 11.0. The van der Waals surface area contributed by atoms with Crippen LogP contribution in [0.2, 0.25) is 0 Å². The van der Waals surface area contributed by atoms with E-state index >= 15 is 0 Å². The Morgan fingerprint density at radius 2 is 1.23 bits per heavy atom. The second-order valence-corrected chi connectivity index (χ2v) is 8.40. The number of amides is 1. The van der Waals surface area contributed by atoms with Crippen molar-refractivity contribution in [3.8, 4) is 0 Å². The van der Waals surface area contributed by atoms with Crippen LogP contribution in [0.1, 0.15) is 10.4 Å². The first kappa shape index (κ1) is 19.1. The Labute approximate surface area is 188 Å². The summed E-state index contributed by atoms with van der Waals surface area (Å²) in [6.07, 6.45) is 0. The lowest BCUT2D eigenvalue weighted by atomic mass is 10.1. The molecule has 5 rings (SSSR count). The summed E-state index contributed by atoms with van der Waals surface area (Å²) in [4.78, 5) is 29.6. The molecule has 1 saturated heterocycles. The van der Waals surface area contributed by atoms with E-state index < -0.39 is 0 Å². The van der Waals surface area contributed by atoms with Crippen LogP contribution in [0.25, 0.3) is 21.8 Å². The van der Waals surface area contributed by atoms with Crippen molar-refractivity contribution in [2.24, 2.45) is 0 Å². The Bertz CT molecular complexity index is 1220. The standard InChI is InChI=1S/C24H20IN3O2/c25-23(29)19-9-3-4-10-20(19)26-13-15-27(16-14-26)24(30)28-21-11-5-1-7-17(21)18-8-2-6-12-22(18)28/h1-12H,13-16H2. The molecule has 0 unspecified atom stereocenters. The fourth-order valence-corrected chi connectivity index (χ4v) is 4.78. The Morgan fingerprint density at radius 3 is 1.83 bits per heavy atom. The molecule has 0 aliphatic carbocycles. The van der Waals surface area contributed by atoms with E-state index in [9.17, 15) is 9.59 Å². The number of carbonyl (C=O) groups is 2. The predicted octanol–water partition coefficient (Wildman–Crippen LogP) is 5.16. The van der Waals surface area contributed by atoms with Gasteiger partial charge < -0.3 is 9.80 Å². The number of aromatic nitrogens is 1. The number of carbonyl (C=O) groups excluding carboxylic acids is 2. The zero-order chi connectivity index (χ0) is 20.7. The number of nitrogens with zero attached hydrogens (tertiary/aromatic N) is 3. The van der Waals surface area contributed by atoms with Gasteiger partial charge in [0.15, 0.2) is 0 Å². The largest absolute Gasteiger partial charge is 0.367 e. The number of hydrogen-bond acceptors (Lipinski definition) is 3. The van der Waals surface area contributed by atoms with Gasteiger partial charge >= 0.3 is 6.03 Å². The minimum Gasteiger partial charge on any atom is -0.367 e. The quantitative estimate of drug-likeness (QED) is 0.277. The van der Waals surface area contributed by atoms with Gasteiger partial charge in [0, 0.05) is 65.2 Å². The summed E-state index contributed by atoms with van der Waals surface area (Å²) in [5.74, 6) is 0. The van der Waals surface area contributed by atoms with Gasteiger partial charge in [-0.25, -0.2) is 4.79 Å². The van der Waals surface area contributed by atoms with E-state index in [1.54, 1.807) is 0 Å². The van der Waals surface area contributed by atoms with Crippen molar-refractivity contribution in [3.05, 3.63) is 78.4 Å². The molecule has 3 aromatic carbocycles. The van der Waals surface area contributed by atoms with Gasteiger partial charge in [0.25, 0.3) is 0 Å². The van der Waals surface area contributed by atoms with E-state index in [2.05, 4.69) is 17.0 Å². The van der Waals surface area contributed by atoms with Crippen LogP contribution in [-0.4, -0.2) is 45.5 Å². The summed E-state index contributed by atoms with van der Waals surface area (Å²) in [5, 5.41) is 2.18. The number of hydrogen-bond donors (Lipinski definition) is 0. The number of piperazine rings is 1. The number of para-hydroxylation sites is 3. The molecule has 4 aromatic rings. The summed E-state index contributed by atoms with van der Waals surface area (Å²) < 4.78 is 1.87. The monoisotopic (exact) mass is 509 g/mol. The van der Waals surface area contributed by atoms with E-state index in [1.807, 2.05) is 92.7 Å². The van der Waals surface area contributed by atoms with Gasteiger partial charge in [-0.15, -0.1) is 0 Å². The topological polar surface area (TPSA) is 45.6 Å². The second-order valence-electron chi connectivity index (χ2n) is 7.42. The van der Waals surface area contributed by atoms with E-state index in [0.717, 1.165) is 33.1 Å². The molecule has 2 heterocycles. The molecule has 5 nitrogen and oxygen atoms in total. The zero-order valence-electron chi connectivity index (χ0n) is 16.3. The average molecular weight is 509 g/mol. The Balaban J connectivity index is 1.44. The number of halogens is 1. The van der Waals surface area contributed by atoms with Crippen LogP contribution in [0.15, 0.2) is 72.8 Å². The fourth-order valence-electron chi connectivity index (χ4n) is 4.32.